The number of likely N-dealkylation sites (tertiary alicyclic amines) is 1. The summed E-state index contributed by atoms with van der Waals surface area (Å²) in [4.78, 5) is 16.4. The average molecular weight is 382 g/mol. The third-order valence-electron chi connectivity index (χ3n) is 4.23. The number of methoxy groups -OCH3 is 1. The largest absolute Gasteiger partial charge is 0.497 e. The zero-order chi connectivity index (χ0) is 16.9. The lowest BCUT2D eigenvalue weighted by molar-refractivity contribution is 0.0703. The van der Waals surface area contributed by atoms with E-state index >= 15 is 0 Å². The predicted molar refractivity (Wildman–Crippen MR) is 102 cm³/mol. The second kappa shape index (κ2) is 8.28. The Morgan fingerprint density at radius 1 is 1.25 bits per heavy atom. The highest BCUT2D eigenvalue weighted by Gasteiger charge is 2.24. The Hall–Kier alpha value is -1.17. The Labute approximate surface area is 156 Å². The molecule has 0 N–H and O–H groups in total. The van der Waals surface area contributed by atoms with Crippen molar-refractivity contribution in [3.05, 3.63) is 45.6 Å². The summed E-state index contributed by atoms with van der Waals surface area (Å²) in [6, 6.07) is 11.8. The van der Waals surface area contributed by atoms with Crippen LogP contribution >= 0.6 is 34.7 Å². The van der Waals surface area contributed by atoms with Crippen molar-refractivity contribution in [2.75, 3.05) is 26.0 Å². The zero-order valence-corrected chi connectivity index (χ0v) is 15.9. The summed E-state index contributed by atoms with van der Waals surface area (Å²) in [5.74, 6) is 2.76. The first-order valence-corrected chi connectivity index (χ1v) is 10.1. The fourth-order valence-corrected chi connectivity index (χ4v) is 4.87. The van der Waals surface area contributed by atoms with Crippen molar-refractivity contribution in [1.82, 2.24) is 4.90 Å². The smallest absolute Gasteiger partial charge is 0.263 e. The van der Waals surface area contributed by atoms with Crippen LogP contribution in [-0.4, -0.2) is 36.8 Å². The van der Waals surface area contributed by atoms with Gasteiger partial charge in [-0.15, -0.1) is 23.1 Å². The summed E-state index contributed by atoms with van der Waals surface area (Å²) in [5.41, 5.74) is 0. The third kappa shape index (κ3) is 4.47. The van der Waals surface area contributed by atoms with E-state index < -0.39 is 0 Å². The van der Waals surface area contributed by atoms with Gasteiger partial charge in [0.1, 0.15) is 5.75 Å². The van der Waals surface area contributed by atoms with Crippen LogP contribution in [0.25, 0.3) is 0 Å². The van der Waals surface area contributed by atoms with Crippen molar-refractivity contribution in [2.45, 2.75) is 17.7 Å². The van der Waals surface area contributed by atoms with Crippen LogP contribution in [0.4, 0.5) is 0 Å². The van der Waals surface area contributed by atoms with Gasteiger partial charge in [0.05, 0.1) is 16.3 Å². The summed E-state index contributed by atoms with van der Waals surface area (Å²) >= 11 is 9.16. The van der Waals surface area contributed by atoms with Crippen LogP contribution in [0.5, 0.6) is 5.75 Å². The third-order valence-corrected chi connectivity index (χ3v) is 6.69. The van der Waals surface area contributed by atoms with Crippen molar-refractivity contribution in [3.8, 4) is 5.75 Å². The molecular weight excluding hydrogens is 362 g/mol. The van der Waals surface area contributed by atoms with Crippen LogP contribution in [0.15, 0.2) is 41.3 Å². The lowest BCUT2D eigenvalue weighted by Crippen LogP contribution is -2.38. The van der Waals surface area contributed by atoms with E-state index in [0.29, 0.717) is 10.3 Å². The summed E-state index contributed by atoms with van der Waals surface area (Å²) in [6.45, 7) is 1.67. The van der Waals surface area contributed by atoms with Crippen molar-refractivity contribution < 1.29 is 9.53 Å². The van der Waals surface area contributed by atoms with Crippen LogP contribution in [0.2, 0.25) is 4.34 Å². The molecule has 0 unspecified atom stereocenters. The molecular formula is C18H20ClNO2S2. The summed E-state index contributed by atoms with van der Waals surface area (Å²) in [5, 5.41) is 0. The number of thiophene rings is 1. The van der Waals surface area contributed by atoms with Gasteiger partial charge in [-0.2, -0.15) is 0 Å². The molecule has 1 saturated heterocycles. The Kier molecular flexibility index (Phi) is 6.09. The quantitative estimate of drug-likeness (QED) is 0.678. The molecule has 1 aliphatic heterocycles. The number of carbonyl (C=O) groups excluding carboxylic acids is 1. The molecule has 0 spiro atoms. The SMILES string of the molecule is COc1ccc(SCC2CCN(C(=O)c3ccc(Cl)s3)CC2)cc1. The molecule has 0 bridgehead atoms. The predicted octanol–water partition coefficient (Wildman–Crippen LogP) is 5.05. The second-order valence-electron chi connectivity index (χ2n) is 5.83. The minimum atomic E-state index is 0.119. The Bertz CT molecular complexity index is 679. The molecule has 1 aromatic heterocycles. The van der Waals surface area contributed by atoms with Gasteiger partial charge in [-0.3, -0.25) is 4.79 Å². The van der Waals surface area contributed by atoms with Gasteiger partial charge in [0.2, 0.25) is 0 Å². The number of carbonyl (C=O) groups is 1. The van der Waals surface area contributed by atoms with Gasteiger partial charge in [-0.25, -0.2) is 0 Å². The topological polar surface area (TPSA) is 29.5 Å². The van der Waals surface area contributed by atoms with Crippen molar-refractivity contribution in [3.63, 3.8) is 0 Å². The number of piperidine rings is 1. The summed E-state index contributed by atoms with van der Waals surface area (Å²) in [6.07, 6.45) is 2.13. The number of amides is 1. The van der Waals surface area contributed by atoms with E-state index in [0.717, 1.165) is 42.3 Å². The molecule has 2 aromatic rings. The molecule has 0 aliphatic carbocycles. The van der Waals surface area contributed by atoms with Crippen molar-refractivity contribution in [1.29, 1.82) is 0 Å². The summed E-state index contributed by atoms with van der Waals surface area (Å²) < 4.78 is 5.85. The molecule has 1 aliphatic rings. The molecule has 0 saturated carbocycles. The molecule has 0 radical (unpaired) electrons. The highest BCUT2D eigenvalue weighted by Crippen LogP contribution is 2.29. The van der Waals surface area contributed by atoms with Crippen LogP contribution in [0.1, 0.15) is 22.5 Å². The van der Waals surface area contributed by atoms with Crippen LogP contribution in [-0.2, 0) is 0 Å². The minimum Gasteiger partial charge on any atom is -0.497 e. The minimum absolute atomic E-state index is 0.119. The normalized spacial score (nSPS) is 15.5. The van der Waals surface area contributed by atoms with Crippen LogP contribution < -0.4 is 4.74 Å². The van der Waals surface area contributed by atoms with E-state index in [1.165, 1.54) is 16.2 Å². The zero-order valence-electron chi connectivity index (χ0n) is 13.5. The highest BCUT2D eigenvalue weighted by atomic mass is 35.5. The molecule has 1 fully saturated rings. The van der Waals surface area contributed by atoms with Crippen molar-refractivity contribution in [2.24, 2.45) is 5.92 Å². The van der Waals surface area contributed by atoms with Gasteiger partial charge in [-0.1, -0.05) is 11.6 Å². The highest BCUT2D eigenvalue weighted by molar-refractivity contribution is 7.99. The number of benzene rings is 1. The standard InChI is InChI=1S/C18H20ClNO2S2/c1-22-14-2-4-15(5-3-14)23-12-13-8-10-20(11-9-13)18(21)16-6-7-17(19)24-16/h2-7,13H,8-12H2,1H3. The number of halogens is 1. The summed E-state index contributed by atoms with van der Waals surface area (Å²) in [7, 11) is 1.68. The van der Waals surface area contributed by atoms with E-state index in [9.17, 15) is 4.79 Å². The number of rotatable bonds is 5. The number of ether oxygens (including phenoxy) is 1. The molecule has 0 atom stereocenters. The number of hydrogen-bond donors (Lipinski definition) is 0. The molecule has 3 nitrogen and oxygen atoms in total. The maximum Gasteiger partial charge on any atom is 0.263 e. The Morgan fingerprint density at radius 2 is 1.96 bits per heavy atom. The van der Waals surface area contributed by atoms with E-state index in [2.05, 4.69) is 12.1 Å². The van der Waals surface area contributed by atoms with Gasteiger partial charge in [0, 0.05) is 23.7 Å². The molecule has 2 heterocycles. The van der Waals surface area contributed by atoms with Gasteiger partial charge in [0.15, 0.2) is 0 Å². The van der Waals surface area contributed by atoms with E-state index in [-0.39, 0.29) is 5.91 Å². The average Bonchev–Trinajstić information content (AvgIpc) is 3.06. The maximum atomic E-state index is 12.4. The first-order chi connectivity index (χ1) is 11.7. The second-order valence-corrected chi connectivity index (χ2v) is 8.63. The van der Waals surface area contributed by atoms with E-state index in [1.54, 1.807) is 13.2 Å². The van der Waals surface area contributed by atoms with E-state index in [1.807, 2.05) is 34.9 Å². The van der Waals surface area contributed by atoms with Crippen LogP contribution in [0, 0.1) is 5.92 Å². The van der Waals surface area contributed by atoms with Gasteiger partial charge < -0.3 is 9.64 Å². The van der Waals surface area contributed by atoms with Gasteiger partial charge in [-0.05, 0) is 55.2 Å². The number of nitrogens with zero attached hydrogens (tertiary/aromatic N) is 1. The molecule has 3 rings (SSSR count). The van der Waals surface area contributed by atoms with Gasteiger partial charge in [0.25, 0.3) is 5.91 Å². The molecule has 128 valence electrons. The van der Waals surface area contributed by atoms with E-state index in [4.69, 9.17) is 16.3 Å². The lowest BCUT2D eigenvalue weighted by atomic mass is 9.99. The molecule has 6 heteroatoms. The van der Waals surface area contributed by atoms with Gasteiger partial charge >= 0.3 is 0 Å². The first-order valence-electron chi connectivity index (χ1n) is 7.97. The lowest BCUT2D eigenvalue weighted by Gasteiger charge is -2.31. The molecule has 1 amide bonds. The number of hydrogen-bond acceptors (Lipinski definition) is 4. The van der Waals surface area contributed by atoms with Crippen molar-refractivity contribution >= 4 is 40.6 Å². The van der Waals surface area contributed by atoms with Crippen LogP contribution in [0.3, 0.4) is 0 Å². The maximum absolute atomic E-state index is 12.4. The fourth-order valence-electron chi connectivity index (χ4n) is 2.77. The molecule has 24 heavy (non-hydrogen) atoms. The fraction of sp³-hybridized carbons (Fsp3) is 0.389. The first kappa shape index (κ1) is 17.6. The Morgan fingerprint density at radius 3 is 2.54 bits per heavy atom. The Balaban J connectivity index is 1.45. The monoisotopic (exact) mass is 381 g/mol. The molecule has 1 aromatic carbocycles. The number of thioether (sulfide) groups is 1.